The van der Waals surface area contributed by atoms with Crippen molar-refractivity contribution in [1.82, 2.24) is 0 Å². The SMILES string of the molecule is NCCOc1cccc(NC(=O)c2cc(I)ccc2O)c1. The van der Waals surface area contributed by atoms with Gasteiger partial charge in [-0.3, -0.25) is 4.79 Å². The minimum absolute atomic E-state index is 0.0524. The Morgan fingerprint density at radius 3 is 2.86 bits per heavy atom. The van der Waals surface area contributed by atoms with Gasteiger partial charge < -0.3 is 20.9 Å². The maximum absolute atomic E-state index is 12.2. The standard InChI is InChI=1S/C15H15IN2O3/c16-10-4-5-14(19)13(8-10)15(20)18-11-2-1-3-12(9-11)21-7-6-17/h1-5,8-9,19H,6-7,17H2,(H,18,20). The molecule has 0 fully saturated rings. The number of hydrogen-bond acceptors (Lipinski definition) is 4. The van der Waals surface area contributed by atoms with Crippen molar-refractivity contribution in [2.24, 2.45) is 5.73 Å². The number of carbonyl (C=O) groups excluding carboxylic acids is 1. The van der Waals surface area contributed by atoms with Crippen molar-refractivity contribution >= 4 is 34.2 Å². The lowest BCUT2D eigenvalue weighted by Crippen LogP contribution is -2.13. The Balaban J connectivity index is 2.14. The first-order chi connectivity index (χ1) is 10.1. The van der Waals surface area contributed by atoms with E-state index in [4.69, 9.17) is 10.5 Å². The molecule has 0 radical (unpaired) electrons. The normalized spacial score (nSPS) is 10.2. The third-order valence-corrected chi connectivity index (χ3v) is 3.35. The molecule has 2 aromatic carbocycles. The number of phenols is 1. The van der Waals surface area contributed by atoms with Crippen LogP contribution in [0.5, 0.6) is 11.5 Å². The molecular formula is C15H15IN2O3. The lowest BCUT2D eigenvalue weighted by atomic mass is 10.2. The van der Waals surface area contributed by atoms with E-state index in [2.05, 4.69) is 27.9 Å². The summed E-state index contributed by atoms with van der Waals surface area (Å²) in [5, 5.41) is 12.5. The predicted molar refractivity (Wildman–Crippen MR) is 89.8 cm³/mol. The largest absolute Gasteiger partial charge is 0.507 e. The Morgan fingerprint density at radius 2 is 2.10 bits per heavy atom. The van der Waals surface area contributed by atoms with Gasteiger partial charge in [0.1, 0.15) is 18.1 Å². The van der Waals surface area contributed by atoms with Crippen LogP contribution in [0.3, 0.4) is 0 Å². The first-order valence-electron chi connectivity index (χ1n) is 6.33. The van der Waals surface area contributed by atoms with Gasteiger partial charge >= 0.3 is 0 Å². The molecule has 0 heterocycles. The average molecular weight is 398 g/mol. The molecule has 0 aliphatic carbocycles. The molecule has 0 atom stereocenters. The zero-order chi connectivity index (χ0) is 15.2. The number of aromatic hydroxyl groups is 1. The van der Waals surface area contributed by atoms with E-state index < -0.39 is 0 Å². The van der Waals surface area contributed by atoms with Crippen LogP contribution in [0.15, 0.2) is 42.5 Å². The number of carbonyl (C=O) groups is 1. The number of ether oxygens (including phenoxy) is 1. The van der Waals surface area contributed by atoms with Crippen molar-refractivity contribution in [2.75, 3.05) is 18.5 Å². The van der Waals surface area contributed by atoms with Gasteiger partial charge in [0.05, 0.1) is 5.56 Å². The van der Waals surface area contributed by atoms with Gasteiger partial charge in [-0.2, -0.15) is 0 Å². The van der Waals surface area contributed by atoms with Gasteiger partial charge in [-0.25, -0.2) is 0 Å². The van der Waals surface area contributed by atoms with Crippen molar-refractivity contribution in [3.8, 4) is 11.5 Å². The minimum Gasteiger partial charge on any atom is -0.507 e. The van der Waals surface area contributed by atoms with E-state index in [1.165, 1.54) is 6.07 Å². The van der Waals surface area contributed by atoms with Crippen molar-refractivity contribution in [2.45, 2.75) is 0 Å². The molecule has 4 N–H and O–H groups in total. The van der Waals surface area contributed by atoms with Crippen molar-refractivity contribution in [1.29, 1.82) is 0 Å². The highest BCUT2D eigenvalue weighted by Crippen LogP contribution is 2.22. The van der Waals surface area contributed by atoms with Crippen LogP contribution in [0.4, 0.5) is 5.69 Å². The molecule has 2 aromatic rings. The summed E-state index contributed by atoms with van der Waals surface area (Å²) in [6.07, 6.45) is 0. The molecule has 0 bridgehead atoms. The van der Waals surface area contributed by atoms with Crippen LogP contribution in [0, 0.1) is 3.57 Å². The summed E-state index contributed by atoms with van der Waals surface area (Å²) in [5.74, 6) is 0.204. The number of anilines is 1. The highest BCUT2D eigenvalue weighted by atomic mass is 127. The summed E-state index contributed by atoms with van der Waals surface area (Å²) in [7, 11) is 0. The van der Waals surface area contributed by atoms with E-state index in [9.17, 15) is 9.90 Å². The number of amides is 1. The number of nitrogens with two attached hydrogens (primary N) is 1. The Kier molecular flexibility index (Phi) is 5.40. The lowest BCUT2D eigenvalue weighted by Gasteiger charge is -2.09. The zero-order valence-corrected chi connectivity index (χ0v) is 13.3. The third-order valence-electron chi connectivity index (χ3n) is 2.68. The van der Waals surface area contributed by atoms with Gasteiger partial charge in [0.2, 0.25) is 0 Å². The van der Waals surface area contributed by atoms with E-state index in [0.29, 0.717) is 24.6 Å². The van der Waals surface area contributed by atoms with Gasteiger partial charge in [-0.1, -0.05) is 6.07 Å². The number of nitrogens with one attached hydrogen (secondary N) is 1. The molecule has 6 heteroatoms. The molecule has 0 spiro atoms. The van der Waals surface area contributed by atoms with Crippen LogP contribution in [0.25, 0.3) is 0 Å². The lowest BCUT2D eigenvalue weighted by molar-refractivity contribution is 0.102. The van der Waals surface area contributed by atoms with E-state index >= 15 is 0 Å². The van der Waals surface area contributed by atoms with Crippen LogP contribution in [0.2, 0.25) is 0 Å². The molecule has 0 aliphatic heterocycles. The molecule has 0 unspecified atom stereocenters. The van der Waals surface area contributed by atoms with E-state index in [1.54, 1.807) is 36.4 Å². The smallest absolute Gasteiger partial charge is 0.259 e. The van der Waals surface area contributed by atoms with Crippen LogP contribution in [-0.4, -0.2) is 24.2 Å². The summed E-state index contributed by atoms with van der Waals surface area (Å²) >= 11 is 2.08. The van der Waals surface area contributed by atoms with Crippen LogP contribution >= 0.6 is 22.6 Å². The first-order valence-corrected chi connectivity index (χ1v) is 7.41. The maximum Gasteiger partial charge on any atom is 0.259 e. The van der Waals surface area contributed by atoms with Gasteiger partial charge in [-0.15, -0.1) is 0 Å². The summed E-state index contributed by atoms with van der Waals surface area (Å²) in [4.78, 5) is 12.2. The number of phenolic OH excluding ortho intramolecular Hbond substituents is 1. The molecule has 2 rings (SSSR count). The van der Waals surface area contributed by atoms with Crippen LogP contribution < -0.4 is 15.8 Å². The molecule has 0 saturated heterocycles. The molecule has 110 valence electrons. The second kappa shape index (κ2) is 7.28. The monoisotopic (exact) mass is 398 g/mol. The molecule has 0 saturated carbocycles. The first kappa shape index (κ1) is 15.6. The highest BCUT2D eigenvalue weighted by Gasteiger charge is 2.12. The van der Waals surface area contributed by atoms with E-state index in [-0.39, 0.29) is 17.2 Å². The Labute approximate surface area is 136 Å². The van der Waals surface area contributed by atoms with E-state index in [0.717, 1.165) is 3.57 Å². The molecule has 1 amide bonds. The molecule has 21 heavy (non-hydrogen) atoms. The van der Waals surface area contributed by atoms with Gasteiger partial charge in [0, 0.05) is 21.9 Å². The number of halogens is 1. The molecule has 0 aliphatic rings. The van der Waals surface area contributed by atoms with Crippen molar-refractivity contribution in [3.63, 3.8) is 0 Å². The maximum atomic E-state index is 12.2. The summed E-state index contributed by atoms with van der Waals surface area (Å²) in [6.45, 7) is 0.835. The van der Waals surface area contributed by atoms with E-state index in [1.807, 2.05) is 0 Å². The highest BCUT2D eigenvalue weighted by molar-refractivity contribution is 14.1. The topological polar surface area (TPSA) is 84.6 Å². The summed E-state index contributed by atoms with van der Waals surface area (Å²) in [6, 6.07) is 11.9. The van der Waals surface area contributed by atoms with Crippen LogP contribution in [0.1, 0.15) is 10.4 Å². The van der Waals surface area contributed by atoms with Crippen molar-refractivity contribution < 1.29 is 14.6 Å². The summed E-state index contributed by atoms with van der Waals surface area (Å²) < 4.78 is 6.27. The fourth-order valence-electron chi connectivity index (χ4n) is 1.73. The molecule has 5 nitrogen and oxygen atoms in total. The second-order valence-electron chi connectivity index (χ2n) is 4.28. The predicted octanol–water partition coefficient (Wildman–Crippen LogP) is 2.59. The zero-order valence-electron chi connectivity index (χ0n) is 11.2. The minimum atomic E-state index is -0.373. The fraction of sp³-hybridized carbons (Fsp3) is 0.133. The Hall–Kier alpha value is -1.80. The number of rotatable bonds is 5. The molecular weight excluding hydrogens is 383 g/mol. The van der Waals surface area contributed by atoms with Crippen LogP contribution in [-0.2, 0) is 0 Å². The van der Waals surface area contributed by atoms with Gasteiger partial charge in [0.25, 0.3) is 5.91 Å². The molecule has 0 aromatic heterocycles. The van der Waals surface area contributed by atoms with Gasteiger partial charge in [-0.05, 0) is 52.9 Å². The van der Waals surface area contributed by atoms with Gasteiger partial charge in [0.15, 0.2) is 0 Å². The Bertz CT molecular complexity index is 647. The van der Waals surface area contributed by atoms with Crippen molar-refractivity contribution in [3.05, 3.63) is 51.6 Å². The number of hydrogen-bond donors (Lipinski definition) is 3. The Morgan fingerprint density at radius 1 is 1.29 bits per heavy atom. The second-order valence-corrected chi connectivity index (χ2v) is 5.53. The average Bonchev–Trinajstić information content (AvgIpc) is 2.48. The third kappa shape index (κ3) is 4.33. The summed E-state index contributed by atoms with van der Waals surface area (Å²) in [5.41, 5.74) is 6.20. The number of benzene rings is 2. The fourth-order valence-corrected chi connectivity index (χ4v) is 2.22. The quantitative estimate of drug-likeness (QED) is 0.677.